The van der Waals surface area contributed by atoms with Crippen LogP contribution >= 0.6 is 0 Å². The van der Waals surface area contributed by atoms with Crippen molar-refractivity contribution in [3.8, 4) is 0 Å². The Kier molecular flexibility index (Phi) is 4.38. The van der Waals surface area contributed by atoms with E-state index >= 15 is 0 Å². The highest BCUT2D eigenvalue weighted by molar-refractivity contribution is 5.78. The van der Waals surface area contributed by atoms with Crippen molar-refractivity contribution < 1.29 is 13.6 Å². The highest BCUT2D eigenvalue weighted by Gasteiger charge is 2.32. The van der Waals surface area contributed by atoms with Crippen molar-refractivity contribution in [3.63, 3.8) is 0 Å². The van der Waals surface area contributed by atoms with Crippen LogP contribution in [-0.2, 0) is 4.79 Å². The van der Waals surface area contributed by atoms with Gasteiger partial charge in [-0.1, -0.05) is 19.9 Å². The topological polar surface area (TPSA) is 46.3 Å². The van der Waals surface area contributed by atoms with E-state index in [0.717, 1.165) is 6.07 Å². The molecular weight excluding hydrogens is 262 g/mol. The minimum atomic E-state index is -0.662. The first kappa shape index (κ1) is 14.9. The van der Waals surface area contributed by atoms with Crippen molar-refractivity contribution in [2.45, 2.75) is 26.3 Å². The Morgan fingerprint density at radius 2 is 2.10 bits per heavy atom. The summed E-state index contributed by atoms with van der Waals surface area (Å²) in [7, 11) is 0. The number of hydrogen-bond acceptors (Lipinski definition) is 2. The van der Waals surface area contributed by atoms with Crippen LogP contribution in [0.4, 0.5) is 8.78 Å². The molecule has 1 amide bonds. The van der Waals surface area contributed by atoms with E-state index in [1.807, 2.05) is 0 Å². The number of nitrogens with zero attached hydrogens (tertiary/aromatic N) is 1. The molecule has 1 heterocycles. The lowest BCUT2D eigenvalue weighted by molar-refractivity contribution is -0.128. The van der Waals surface area contributed by atoms with Crippen LogP contribution in [0.5, 0.6) is 0 Å². The molecule has 2 unspecified atom stereocenters. The van der Waals surface area contributed by atoms with Crippen LogP contribution in [0.3, 0.4) is 0 Å². The Hall–Kier alpha value is -1.49. The van der Waals surface area contributed by atoms with Crippen molar-refractivity contribution >= 4 is 5.91 Å². The summed E-state index contributed by atoms with van der Waals surface area (Å²) in [5, 5.41) is 0. The van der Waals surface area contributed by atoms with Crippen LogP contribution in [0.2, 0.25) is 0 Å². The van der Waals surface area contributed by atoms with E-state index in [-0.39, 0.29) is 18.0 Å². The Morgan fingerprint density at radius 3 is 2.65 bits per heavy atom. The van der Waals surface area contributed by atoms with E-state index in [0.29, 0.717) is 24.8 Å². The summed E-state index contributed by atoms with van der Waals surface area (Å²) < 4.78 is 26.5. The lowest BCUT2D eigenvalue weighted by Gasteiger charge is -2.22. The Bertz CT molecular complexity index is 505. The highest BCUT2D eigenvalue weighted by Crippen LogP contribution is 2.26. The molecule has 1 aliphatic heterocycles. The minimum absolute atomic E-state index is 0.0571. The molecule has 1 saturated heterocycles. The number of benzene rings is 1. The maximum absolute atomic E-state index is 13.7. The third-order valence-electron chi connectivity index (χ3n) is 3.97. The fraction of sp³-hybridized carbons (Fsp3) is 0.533. The van der Waals surface area contributed by atoms with Gasteiger partial charge in [0.05, 0.1) is 6.04 Å². The number of halogens is 2. The van der Waals surface area contributed by atoms with Crippen LogP contribution < -0.4 is 5.73 Å². The second kappa shape index (κ2) is 5.87. The molecule has 1 aromatic rings. The number of carbonyl (C=O) groups excluding carboxylic acids is 1. The molecule has 0 aliphatic carbocycles. The first-order valence-electron chi connectivity index (χ1n) is 6.86. The van der Waals surface area contributed by atoms with Crippen LogP contribution in [-0.4, -0.2) is 23.9 Å². The number of amides is 1. The third-order valence-corrected chi connectivity index (χ3v) is 3.97. The molecule has 0 bridgehead atoms. The summed E-state index contributed by atoms with van der Waals surface area (Å²) in [5.74, 6) is -0.475. The van der Waals surface area contributed by atoms with Gasteiger partial charge in [0.2, 0.25) is 5.91 Å². The van der Waals surface area contributed by atoms with Crippen molar-refractivity contribution in [2.75, 3.05) is 13.1 Å². The molecule has 1 aromatic carbocycles. The van der Waals surface area contributed by atoms with E-state index in [1.54, 1.807) is 4.90 Å². The van der Waals surface area contributed by atoms with Crippen LogP contribution in [0, 0.1) is 23.5 Å². The van der Waals surface area contributed by atoms with Gasteiger partial charge in [-0.15, -0.1) is 0 Å². The van der Waals surface area contributed by atoms with Crippen LogP contribution in [0.25, 0.3) is 0 Å². The van der Waals surface area contributed by atoms with Gasteiger partial charge in [0, 0.05) is 31.1 Å². The number of nitrogens with two attached hydrogens (primary N) is 1. The van der Waals surface area contributed by atoms with Gasteiger partial charge in [-0.2, -0.15) is 0 Å². The van der Waals surface area contributed by atoms with Gasteiger partial charge in [0.25, 0.3) is 0 Å². The molecule has 0 aromatic heterocycles. The van der Waals surface area contributed by atoms with Crippen molar-refractivity contribution in [3.05, 3.63) is 35.4 Å². The van der Waals surface area contributed by atoms with Gasteiger partial charge in [0.15, 0.2) is 0 Å². The summed E-state index contributed by atoms with van der Waals surface area (Å²) in [6, 6.07) is 2.71. The lowest BCUT2D eigenvalue weighted by Crippen LogP contribution is -2.34. The molecule has 3 nitrogen and oxygen atoms in total. The quantitative estimate of drug-likeness (QED) is 0.922. The smallest absolute Gasteiger partial charge is 0.222 e. The predicted octanol–water partition coefficient (Wildman–Crippen LogP) is 2.47. The van der Waals surface area contributed by atoms with Crippen molar-refractivity contribution in [1.29, 1.82) is 0 Å². The highest BCUT2D eigenvalue weighted by atomic mass is 19.1. The Balaban J connectivity index is 2.04. The van der Waals surface area contributed by atoms with Gasteiger partial charge < -0.3 is 10.6 Å². The third kappa shape index (κ3) is 3.15. The zero-order chi connectivity index (χ0) is 14.9. The summed E-state index contributed by atoms with van der Waals surface area (Å²) in [5.41, 5.74) is 6.20. The second-order valence-corrected chi connectivity index (χ2v) is 5.78. The monoisotopic (exact) mass is 282 g/mol. The molecule has 20 heavy (non-hydrogen) atoms. The van der Waals surface area contributed by atoms with Gasteiger partial charge in [-0.25, -0.2) is 8.78 Å². The van der Waals surface area contributed by atoms with E-state index in [9.17, 15) is 13.6 Å². The number of carbonyl (C=O) groups is 1. The molecule has 1 fully saturated rings. The van der Waals surface area contributed by atoms with Crippen LogP contribution in [0.15, 0.2) is 18.2 Å². The van der Waals surface area contributed by atoms with E-state index in [4.69, 9.17) is 5.73 Å². The van der Waals surface area contributed by atoms with Gasteiger partial charge in [-0.05, 0) is 17.9 Å². The molecular formula is C15H20F2N2O. The fourth-order valence-electron chi connectivity index (χ4n) is 2.56. The first-order chi connectivity index (χ1) is 9.38. The van der Waals surface area contributed by atoms with E-state index < -0.39 is 17.7 Å². The maximum atomic E-state index is 13.7. The number of likely N-dealkylation sites (tertiary alicyclic amines) is 1. The van der Waals surface area contributed by atoms with Gasteiger partial charge >= 0.3 is 0 Å². The normalized spacial score (nSPS) is 20.8. The summed E-state index contributed by atoms with van der Waals surface area (Å²) in [6.45, 7) is 5.10. The molecule has 0 spiro atoms. The van der Waals surface area contributed by atoms with Crippen molar-refractivity contribution in [1.82, 2.24) is 4.90 Å². The average molecular weight is 282 g/mol. The summed E-state index contributed by atoms with van der Waals surface area (Å²) in [6.07, 6.45) is 0.524. The SMILES string of the molecule is CC(C)C1CC(=O)N(CC(N)c2ccc(F)cc2F)C1. The predicted molar refractivity (Wildman–Crippen MR) is 72.8 cm³/mol. The first-order valence-corrected chi connectivity index (χ1v) is 6.86. The molecule has 2 rings (SSSR count). The van der Waals surface area contributed by atoms with E-state index in [2.05, 4.69) is 13.8 Å². The molecule has 5 heteroatoms. The standard InChI is InChI=1S/C15H20F2N2O/c1-9(2)10-5-15(20)19(7-10)8-14(18)12-4-3-11(16)6-13(12)17/h3-4,6,9-10,14H,5,7-8,18H2,1-2H3. The molecule has 0 saturated carbocycles. The summed E-state index contributed by atoms with van der Waals surface area (Å²) >= 11 is 0. The van der Waals surface area contributed by atoms with Crippen molar-refractivity contribution in [2.24, 2.45) is 17.6 Å². The van der Waals surface area contributed by atoms with Gasteiger partial charge in [-0.3, -0.25) is 4.79 Å². The largest absolute Gasteiger partial charge is 0.340 e. The zero-order valence-electron chi connectivity index (χ0n) is 11.8. The Labute approximate surface area is 117 Å². The molecule has 1 aliphatic rings. The van der Waals surface area contributed by atoms with E-state index in [1.165, 1.54) is 12.1 Å². The number of rotatable bonds is 4. The Morgan fingerprint density at radius 1 is 1.40 bits per heavy atom. The number of hydrogen-bond donors (Lipinski definition) is 1. The summed E-state index contributed by atoms with van der Waals surface area (Å²) in [4.78, 5) is 13.6. The van der Waals surface area contributed by atoms with Crippen LogP contribution in [0.1, 0.15) is 31.9 Å². The molecule has 110 valence electrons. The molecule has 2 N–H and O–H groups in total. The molecule has 0 radical (unpaired) electrons. The average Bonchev–Trinajstić information content (AvgIpc) is 2.71. The van der Waals surface area contributed by atoms with Gasteiger partial charge in [0.1, 0.15) is 11.6 Å². The minimum Gasteiger partial charge on any atom is -0.340 e. The molecule has 2 atom stereocenters. The lowest BCUT2D eigenvalue weighted by atomic mass is 9.95. The maximum Gasteiger partial charge on any atom is 0.222 e. The fourth-order valence-corrected chi connectivity index (χ4v) is 2.56. The zero-order valence-corrected chi connectivity index (χ0v) is 11.8. The second-order valence-electron chi connectivity index (χ2n) is 5.78.